The first kappa shape index (κ1) is 17.6. The minimum Gasteiger partial charge on any atom is -0.380 e. The maximum atomic E-state index is 11.9. The Labute approximate surface area is 125 Å². The maximum Gasteiger partial charge on any atom is 0.238 e. The molecular weight excluding hydrogens is 292 g/mol. The monoisotopic (exact) mass is 314 g/mol. The normalized spacial score (nSPS) is 11.4. The molecule has 1 amide bonds. The van der Waals surface area contributed by atoms with Crippen LogP contribution in [-0.4, -0.2) is 46.0 Å². The average Bonchev–Trinajstić information content (AvgIpc) is 2.44. The van der Waals surface area contributed by atoms with Crippen molar-refractivity contribution in [1.29, 1.82) is 0 Å². The number of sulfonamides is 1. The highest BCUT2D eigenvalue weighted by Crippen LogP contribution is 2.10. The van der Waals surface area contributed by atoms with Gasteiger partial charge in [-0.2, -0.15) is 0 Å². The van der Waals surface area contributed by atoms with Crippen LogP contribution in [0.1, 0.15) is 18.9 Å². The van der Waals surface area contributed by atoms with E-state index in [1.165, 1.54) is 12.1 Å². The van der Waals surface area contributed by atoms with Crippen LogP contribution in [0.5, 0.6) is 0 Å². The summed E-state index contributed by atoms with van der Waals surface area (Å²) in [6.07, 6.45) is 0.931. The molecule has 0 spiro atoms. The number of hydrogen-bond donors (Lipinski definition) is 1. The van der Waals surface area contributed by atoms with Crippen molar-refractivity contribution in [2.45, 2.75) is 24.7 Å². The van der Waals surface area contributed by atoms with Gasteiger partial charge in [0.25, 0.3) is 0 Å². The Hall–Kier alpha value is -1.44. The van der Waals surface area contributed by atoms with E-state index in [9.17, 15) is 13.2 Å². The van der Waals surface area contributed by atoms with Crippen LogP contribution in [0.2, 0.25) is 0 Å². The number of nitrogens with two attached hydrogens (primary N) is 1. The molecule has 0 saturated carbocycles. The Morgan fingerprint density at radius 2 is 1.90 bits per heavy atom. The van der Waals surface area contributed by atoms with Crippen LogP contribution in [0.25, 0.3) is 0 Å². The number of rotatable bonds is 8. The number of aryl methyl sites for hydroxylation is 1. The Balaban J connectivity index is 2.46. The lowest BCUT2D eigenvalue weighted by molar-refractivity contribution is -0.130. The van der Waals surface area contributed by atoms with Gasteiger partial charge in [-0.25, -0.2) is 13.6 Å². The fourth-order valence-electron chi connectivity index (χ4n) is 1.76. The molecule has 6 nitrogen and oxygen atoms in total. The minimum absolute atomic E-state index is 0.0326. The molecule has 0 saturated heterocycles. The molecule has 0 fully saturated rings. The molecule has 0 aromatic heterocycles. The number of likely N-dealkylation sites (N-methyl/N-ethyl adjacent to an activating group) is 1. The van der Waals surface area contributed by atoms with Crippen LogP contribution in [0.15, 0.2) is 29.2 Å². The molecule has 0 heterocycles. The first-order valence-electron chi connectivity index (χ1n) is 6.78. The molecule has 2 N–H and O–H groups in total. The van der Waals surface area contributed by atoms with Gasteiger partial charge in [0.05, 0.1) is 11.5 Å². The van der Waals surface area contributed by atoms with Crippen molar-refractivity contribution in [1.82, 2.24) is 4.90 Å². The van der Waals surface area contributed by atoms with Gasteiger partial charge in [0.2, 0.25) is 15.9 Å². The summed E-state index contributed by atoms with van der Waals surface area (Å²) in [4.78, 5) is 13.6. The summed E-state index contributed by atoms with van der Waals surface area (Å²) in [5.74, 6) is 0.0326. The van der Waals surface area contributed by atoms with Crippen LogP contribution in [0, 0.1) is 0 Å². The number of primary sulfonamides is 1. The molecule has 0 atom stereocenters. The predicted octanol–water partition coefficient (Wildman–Crippen LogP) is 0.762. The summed E-state index contributed by atoms with van der Waals surface area (Å²) in [5, 5.41) is 5.03. The third kappa shape index (κ3) is 6.24. The number of ether oxygens (including phenoxy) is 1. The van der Waals surface area contributed by atoms with Crippen molar-refractivity contribution in [3.05, 3.63) is 29.8 Å². The lowest BCUT2D eigenvalue weighted by Gasteiger charge is -2.16. The summed E-state index contributed by atoms with van der Waals surface area (Å²) in [6, 6.07) is 6.25. The molecule has 118 valence electrons. The quantitative estimate of drug-likeness (QED) is 0.717. The van der Waals surface area contributed by atoms with Gasteiger partial charge in [0.1, 0.15) is 0 Å². The van der Waals surface area contributed by atoms with Gasteiger partial charge in [-0.1, -0.05) is 12.1 Å². The van der Waals surface area contributed by atoms with E-state index in [1.54, 1.807) is 24.1 Å². The second-order valence-corrected chi connectivity index (χ2v) is 6.26. The van der Waals surface area contributed by atoms with Gasteiger partial charge >= 0.3 is 0 Å². The third-order valence-electron chi connectivity index (χ3n) is 3.08. The van der Waals surface area contributed by atoms with E-state index in [1.807, 2.05) is 6.92 Å². The molecule has 1 rings (SSSR count). The number of nitrogens with zero attached hydrogens (tertiary/aromatic N) is 1. The standard InChI is InChI=1S/C14H22N2O4S/c1-3-20-11-10-16(2)14(17)9-6-12-4-7-13(8-5-12)21(15,18)19/h4-5,7-8H,3,6,9-11H2,1-2H3,(H2,15,18,19). The van der Waals surface area contributed by atoms with Gasteiger partial charge in [-0.3, -0.25) is 4.79 Å². The molecule has 1 aromatic carbocycles. The molecular formula is C14H22N2O4S. The third-order valence-corrected chi connectivity index (χ3v) is 4.01. The summed E-state index contributed by atoms with van der Waals surface area (Å²) in [5.41, 5.74) is 0.897. The molecule has 0 bridgehead atoms. The lowest BCUT2D eigenvalue weighted by atomic mass is 10.1. The first-order chi connectivity index (χ1) is 9.84. The molecule has 0 aliphatic heterocycles. The smallest absolute Gasteiger partial charge is 0.238 e. The zero-order valence-corrected chi connectivity index (χ0v) is 13.2. The number of benzene rings is 1. The van der Waals surface area contributed by atoms with Crippen molar-refractivity contribution in [3.63, 3.8) is 0 Å². The lowest BCUT2D eigenvalue weighted by Crippen LogP contribution is -2.30. The number of carbonyl (C=O) groups is 1. The molecule has 7 heteroatoms. The summed E-state index contributed by atoms with van der Waals surface area (Å²) >= 11 is 0. The summed E-state index contributed by atoms with van der Waals surface area (Å²) in [7, 11) is -1.92. The molecule has 21 heavy (non-hydrogen) atoms. The Kier molecular flexibility index (Phi) is 6.80. The van der Waals surface area contributed by atoms with E-state index in [-0.39, 0.29) is 10.8 Å². The fraction of sp³-hybridized carbons (Fsp3) is 0.500. The SMILES string of the molecule is CCOCCN(C)C(=O)CCc1ccc(S(N)(=O)=O)cc1. The van der Waals surface area contributed by atoms with Crippen molar-refractivity contribution in [3.8, 4) is 0 Å². The van der Waals surface area contributed by atoms with E-state index in [2.05, 4.69) is 0 Å². The molecule has 1 aromatic rings. The Morgan fingerprint density at radius 3 is 2.43 bits per heavy atom. The average molecular weight is 314 g/mol. The van der Waals surface area contributed by atoms with Gasteiger partial charge in [0, 0.05) is 26.6 Å². The van der Waals surface area contributed by atoms with E-state index in [0.717, 1.165) is 5.56 Å². The van der Waals surface area contributed by atoms with Crippen LogP contribution < -0.4 is 5.14 Å². The second kappa shape index (κ2) is 8.11. The van der Waals surface area contributed by atoms with E-state index >= 15 is 0 Å². The fourth-order valence-corrected chi connectivity index (χ4v) is 2.27. The highest BCUT2D eigenvalue weighted by molar-refractivity contribution is 7.89. The van der Waals surface area contributed by atoms with Crippen molar-refractivity contribution < 1.29 is 17.9 Å². The van der Waals surface area contributed by atoms with Crippen LogP contribution in [0.4, 0.5) is 0 Å². The van der Waals surface area contributed by atoms with E-state index in [4.69, 9.17) is 9.88 Å². The van der Waals surface area contributed by atoms with Gasteiger partial charge in [-0.15, -0.1) is 0 Å². The van der Waals surface area contributed by atoms with E-state index in [0.29, 0.717) is 32.6 Å². The number of carbonyl (C=O) groups excluding carboxylic acids is 1. The first-order valence-corrected chi connectivity index (χ1v) is 8.32. The zero-order valence-electron chi connectivity index (χ0n) is 12.4. The van der Waals surface area contributed by atoms with E-state index < -0.39 is 10.0 Å². The molecule has 0 aliphatic carbocycles. The second-order valence-electron chi connectivity index (χ2n) is 4.70. The molecule has 0 unspecified atom stereocenters. The maximum absolute atomic E-state index is 11.9. The van der Waals surface area contributed by atoms with Crippen molar-refractivity contribution >= 4 is 15.9 Å². The van der Waals surface area contributed by atoms with Gasteiger partial charge in [0.15, 0.2) is 0 Å². The van der Waals surface area contributed by atoms with Crippen molar-refractivity contribution in [2.24, 2.45) is 5.14 Å². The summed E-state index contributed by atoms with van der Waals surface area (Å²) < 4.78 is 27.5. The topological polar surface area (TPSA) is 89.7 Å². The minimum atomic E-state index is -3.67. The molecule has 0 radical (unpaired) electrons. The van der Waals surface area contributed by atoms with Crippen LogP contribution in [0.3, 0.4) is 0 Å². The van der Waals surface area contributed by atoms with Crippen molar-refractivity contribution in [2.75, 3.05) is 26.8 Å². The Morgan fingerprint density at radius 1 is 1.29 bits per heavy atom. The van der Waals surface area contributed by atoms with Gasteiger partial charge < -0.3 is 9.64 Å². The Bertz CT molecular complexity index is 555. The predicted molar refractivity (Wildman–Crippen MR) is 80.3 cm³/mol. The van der Waals surface area contributed by atoms with Crippen LogP contribution >= 0.6 is 0 Å². The number of amides is 1. The number of hydrogen-bond acceptors (Lipinski definition) is 4. The highest BCUT2D eigenvalue weighted by Gasteiger charge is 2.10. The zero-order chi connectivity index (χ0) is 15.9. The highest BCUT2D eigenvalue weighted by atomic mass is 32.2. The largest absolute Gasteiger partial charge is 0.380 e. The summed E-state index contributed by atoms with van der Waals surface area (Å²) in [6.45, 7) is 3.64. The van der Waals surface area contributed by atoms with Crippen LogP contribution in [-0.2, 0) is 26.0 Å². The molecule has 0 aliphatic rings. The van der Waals surface area contributed by atoms with Gasteiger partial charge in [-0.05, 0) is 31.0 Å².